The minimum atomic E-state index is -4.57. The van der Waals surface area contributed by atoms with Gasteiger partial charge in [-0.05, 0) is 6.92 Å². The van der Waals surface area contributed by atoms with E-state index in [0.717, 1.165) is 20.1 Å². The number of carbonyl (C=O) groups is 1. The first-order valence-corrected chi connectivity index (χ1v) is 5.91. The fourth-order valence-electron chi connectivity index (χ4n) is 0.943. The third-order valence-corrected chi connectivity index (χ3v) is 2.01. The van der Waals surface area contributed by atoms with E-state index in [1.54, 1.807) is 0 Å². The number of nitrogens with zero attached hydrogens (tertiary/aromatic N) is 2. The van der Waals surface area contributed by atoms with Crippen LogP contribution in [0.1, 0.15) is 13.8 Å². The van der Waals surface area contributed by atoms with Crippen molar-refractivity contribution < 1.29 is 21.9 Å². The molecule has 8 heteroatoms. The Morgan fingerprint density at radius 1 is 1.50 bits per heavy atom. The average Bonchev–Trinajstić information content (AvgIpc) is 2.47. The van der Waals surface area contributed by atoms with E-state index in [9.17, 15) is 13.2 Å². The van der Waals surface area contributed by atoms with Crippen LogP contribution in [-0.2, 0) is 19.4 Å². The minimum absolute atomic E-state index is 0.869. The van der Waals surface area contributed by atoms with Gasteiger partial charge >= 0.3 is 16.4 Å². The molecule has 0 atom stereocenters. The van der Waals surface area contributed by atoms with Gasteiger partial charge in [0.2, 0.25) is 0 Å². The molecule has 1 aliphatic heterocycles. The number of hydrogen-bond acceptors (Lipinski definition) is 6. The van der Waals surface area contributed by atoms with Crippen LogP contribution in [0.3, 0.4) is 0 Å². The molecule has 0 unspecified atom stereocenters. The van der Waals surface area contributed by atoms with Gasteiger partial charge in [-0.1, -0.05) is 0 Å². The second-order valence-corrected chi connectivity index (χ2v) is 4.13. The van der Waals surface area contributed by atoms with Gasteiger partial charge in [0.15, 0.2) is 0 Å². The maximum atomic E-state index is 9.70. The van der Waals surface area contributed by atoms with Gasteiger partial charge in [-0.3, -0.25) is 9.35 Å². The van der Waals surface area contributed by atoms with Crippen molar-refractivity contribution in [1.29, 1.82) is 0 Å². The molecule has 0 fully saturated rings. The SMILES string of the molecule is CC(=O)OS(=O)(=O)O.CCN1C=CN(C)C1. The fourth-order valence-corrected chi connectivity index (χ4v) is 1.24. The lowest BCUT2D eigenvalue weighted by Gasteiger charge is -2.14. The summed E-state index contributed by atoms with van der Waals surface area (Å²) in [5.74, 6) is -1.06. The van der Waals surface area contributed by atoms with Gasteiger partial charge in [-0.15, -0.1) is 0 Å². The van der Waals surface area contributed by atoms with Gasteiger partial charge in [-0.2, -0.15) is 8.42 Å². The number of carbonyl (C=O) groups excluding carboxylic acids is 1. The van der Waals surface area contributed by atoms with Crippen molar-refractivity contribution >= 4 is 16.4 Å². The normalized spacial score (nSPS) is 14.5. The van der Waals surface area contributed by atoms with Crippen LogP contribution in [0.2, 0.25) is 0 Å². The summed E-state index contributed by atoms with van der Waals surface area (Å²) >= 11 is 0. The highest BCUT2D eigenvalue weighted by Gasteiger charge is 2.06. The van der Waals surface area contributed by atoms with Crippen molar-refractivity contribution in [1.82, 2.24) is 9.80 Å². The highest BCUT2D eigenvalue weighted by molar-refractivity contribution is 7.81. The van der Waals surface area contributed by atoms with Crippen LogP contribution in [0.4, 0.5) is 0 Å². The summed E-state index contributed by atoms with van der Waals surface area (Å²) in [4.78, 5) is 14.1. The predicted molar refractivity (Wildman–Crippen MR) is 57.5 cm³/mol. The van der Waals surface area contributed by atoms with Crippen LogP contribution in [0, 0.1) is 0 Å². The first kappa shape index (κ1) is 14.7. The smallest absolute Gasteiger partial charge is 0.362 e. The third kappa shape index (κ3) is 8.06. The van der Waals surface area contributed by atoms with E-state index in [0.29, 0.717) is 0 Å². The molecule has 94 valence electrons. The Balaban J connectivity index is 0.000000281. The van der Waals surface area contributed by atoms with Gasteiger partial charge < -0.3 is 14.0 Å². The van der Waals surface area contributed by atoms with E-state index in [1.165, 1.54) is 0 Å². The lowest BCUT2D eigenvalue weighted by Crippen LogP contribution is -2.21. The van der Waals surface area contributed by atoms with Crippen LogP contribution in [0.15, 0.2) is 12.4 Å². The molecule has 0 aromatic carbocycles. The molecule has 1 rings (SSSR count). The lowest BCUT2D eigenvalue weighted by molar-refractivity contribution is -0.131. The first-order chi connectivity index (χ1) is 7.24. The van der Waals surface area contributed by atoms with Crippen molar-refractivity contribution in [2.24, 2.45) is 0 Å². The molecule has 1 N–H and O–H groups in total. The van der Waals surface area contributed by atoms with E-state index in [4.69, 9.17) is 4.55 Å². The largest absolute Gasteiger partial charge is 0.448 e. The molecule has 1 aliphatic rings. The van der Waals surface area contributed by atoms with Crippen molar-refractivity contribution in [3.8, 4) is 0 Å². The summed E-state index contributed by atoms with van der Waals surface area (Å²) in [5, 5.41) is 0. The quantitative estimate of drug-likeness (QED) is 0.694. The predicted octanol–water partition coefficient (Wildman–Crippen LogP) is 0.0347. The molecule has 0 aliphatic carbocycles. The van der Waals surface area contributed by atoms with E-state index < -0.39 is 16.4 Å². The van der Waals surface area contributed by atoms with E-state index in [-0.39, 0.29) is 0 Å². The molecule has 16 heavy (non-hydrogen) atoms. The molecule has 0 saturated carbocycles. The van der Waals surface area contributed by atoms with Crippen LogP contribution < -0.4 is 0 Å². The topological polar surface area (TPSA) is 87.1 Å². The van der Waals surface area contributed by atoms with Crippen molar-refractivity contribution in [3.63, 3.8) is 0 Å². The molecule has 0 saturated heterocycles. The molecule has 0 spiro atoms. The van der Waals surface area contributed by atoms with Gasteiger partial charge in [0.25, 0.3) is 0 Å². The minimum Gasteiger partial charge on any atom is -0.362 e. The fraction of sp³-hybridized carbons (Fsp3) is 0.625. The molecule has 7 nitrogen and oxygen atoms in total. The Morgan fingerprint density at radius 3 is 2.19 bits per heavy atom. The van der Waals surface area contributed by atoms with E-state index in [2.05, 4.69) is 40.4 Å². The Bertz CT molecular complexity index is 351. The standard InChI is InChI=1S/C6H12N2.C2H4O5S/c1-3-8-5-4-7(2)6-8;1-2(3)7-8(4,5)6/h4-5H,3,6H2,1-2H3;1H3,(H,4,5,6). The highest BCUT2D eigenvalue weighted by Crippen LogP contribution is 2.00. The summed E-state index contributed by atoms with van der Waals surface area (Å²) in [7, 11) is -2.50. The van der Waals surface area contributed by atoms with Crippen molar-refractivity contribution in [2.45, 2.75) is 13.8 Å². The molecule has 0 aromatic rings. The van der Waals surface area contributed by atoms with Crippen molar-refractivity contribution in [2.75, 3.05) is 20.3 Å². The molecular weight excluding hydrogens is 236 g/mol. The molecule has 0 aromatic heterocycles. The second kappa shape index (κ2) is 6.33. The second-order valence-electron chi connectivity index (χ2n) is 3.10. The first-order valence-electron chi connectivity index (χ1n) is 4.54. The lowest BCUT2D eigenvalue weighted by atomic mass is 10.6. The maximum absolute atomic E-state index is 9.70. The highest BCUT2D eigenvalue weighted by atomic mass is 32.3. The van der Waals surface area contributed by atoms with Crippen molar-refractivity contribution in [3.05, 3.63) is 12.4 Å². The third-order valence-electron chi connectivity index (χ3n) is 1.57. The number of hydrogen-bond donors (Lipinski definition) is 1. The summed E-state index contributed by atoms with van der Waals surface area (Å²) < 4.78 is 30.2. The zero-order chi connectivity index (χ0) is 12.8. The van der Waals surface area contributed by atoms with Gasteiger partial charge in [-0.25, -0.2) is 0 Å². The maximum Gasteiger partial charge on any atom is 0.448 e. The summed E-state index contributed by atoms with van der Waals surface area (Å²) in [6, 6.07) is 0. The molecule has 0 radical (unpaired) electrons. The van der Waals surface area contributed by atoms with Crippen LogP contribution in [0.25, 0.3) is 0 Å². The zero-order valence-corrected chi connectivity index (χ0v) is 10.3. The van der Waals surface area contributed by atoms with Crippen LogP contribution in [-0.4, -0.2) is 49.0 Å². The van der Waals surface area contributed by atoms with E-state index >= 15 is 0 Å². The van der Waals surface area contributed by atoms with Gasteiger partial charge in [0.05, 0.1) is 6.67 Å². The van der Waals surface area contributed by atoms with Gasteiger partial charge in [0.1, 0.15) is 0 Å². The summed E-state index contributed by atoms with van der Waals surface area (Å²) in [5.41, 5.74) is 0. The molecule has 0 amide bonds. The Hall–Kier alpha value is -1.28. The summed E-state index contributed by atoms with van der Waals surface area (Å²) in [6.45, 7) is 5.19. The van der Waals surface area contributed by atoms with Crippen LogP contribution in [0.5, 0.6) is 0 Å². The van der Waals surface area contributed by atoms with Gasteiger partial charge in [0, 0.05) is 32.9 Å². The Morgan fingerprint density at radius 2 is 2.06 bits per heavy atom. The number of rotatable bonds is 2. The summed E-state index contributed by atoms with van der Waals surface area (Å²) in [6.07, 6.45) is 4.20. The molecule has 1 heterocycles. The monoisotopic (exact) mass is 252 g/mol. The molecule has 0 bridgehead atoms. The Labute approximate surface area is 95.2 Å². The van der Waals surface area contributed by atoms with Crippen LogP contribution >= 0.6 is 0 Å². The molecular formula is C8H16N2O5S. The van der Waals surface area contributed by atoms with E-state index in [1.807, 2.05) is 0 Å². The zero-order valence-electron chi connectivity index (χ0n) is 9.45. The Kier molecular flexibility index (Phi) is 5.83. The average molecular weight is 252 g/mol.